The first-order valence-electron chi connectivity index (χ1n) is 9.11. The van der Waals surface area contributed by atoms with Gasteiger partial charge in [-0.25, -0.2) is 4.79 Å². The van der Waals surface area contributed by atoms with Crippen molar-refractivity contribution in [1.29, 1.82) is 0 Å². The lowest BCUT2D eigenvalue weighted by atomic mass is 9.91. The zero-order valence-corrected chi connectivity index (χ0v) is 15.5. The van der Waals surface area contributed by atoms with Crippen molar-refractivity contribution >= 4 is 6.09 Å². The second kappa shape index (κ2) is 8.51. The van der Waals surface area contributed by atoms with Crippen LogP contribution in [0.4, 0.5) is 4.79 Å². The van der Waals surface area contributed by atoms with E-state index in [0.29, 0.717) is 6.04 Å². The van der Waals surface area contributed by atoms with Gasteiger partial charge < -0.3 is 15.4 Å². The Bertz CT molecular complexity index is 513. The van der Waals surface area contributed by atoms with Crippen LogP contribution in [0.25, 0.3) is 0 Å². The molecule has 0 atom stereocenters. The summed E-state index contributed by atoms with van der Waals surface area (Å²) in [6.45, 7) is 9.65. The van der Waals surface area contributed by atoms with Gasteiger partial charge in [0, 0.05) is 31.4 Å². The minimum atomic E-state index is -0.440. The van der Waals surface area contributed by atoms with Gasteiger partial charge in [-0.15, -0.1) is 0 Å². The highest BCUT2D eigenvalue weighted by atomic mass is 16.6. The fourth-order valence-electron chi connectivity index (χ4n) is 3.09. The second-order valence-corrected chi connectivity index (χ2v) is 7.62. The smallest absolute Gasteiger partial charge is 0.407 e. The highest BCUT2D eigenvalue weighted by molar-refractivity contribution is 5.68. The van der Waals surface area contributed by atoms with E-state index in [9.17, 15) is 4.79 Å². The predicted octanol–water partition coefficient (Wildman–Crippen LogP) is 3.22. The maximum atomic E-state index is 11.8. The van der Waals surface area contributed by atoms with E-state index in [-0.39, 0.29) is 12.1 Å². The van der Waals surface area contributed by atoms with E-state index < -0.39 is 5.60 Å². The molecule has 136 valence electrons. The molecular weight excluding hydrogens is 304 g/mol. The summed E-state index contributed by atoms with van der Waals surface area (Å²) in [5.41, 5.74) is 0.801. The molecule has 24 heavy (non-hydrogen) atoms. The molecule has 0 spiro atoms. The van der Waals surface area contributed by atoms with Gasteiger partial charge in [-0.1, -0.05) is 6.92 Å². The standard InChI is InChI=1S/C18H32N4O2/c1-5-12-22-16(10-11-20-22)13-19-14-6-8-15(9-7-14)21-17(23)24-18(2,3)4/h10-11,14-15,19H,5-9,12-13H2,1-4H3,(H,21,23). The molecule has 1 aliphatic rings. The molecule has 2 N–H and O–H groups in total. The van der Waals surface area contributed by atoms with Crippen molar-refractivity contribution in [2.24, 2.45) is 0 Å². The summed E-state index contributed by atoms with van der Waals surface area (Å²) in [5, 5.41) is 11.0. The molecule has 0 unspecified atom stereocenters. The number of hydrogen-bond donors (Lipinski definition) is 2. The Balaban J connectivity index is 1.69. The van der Waals surface area contributed by atoms with Crippen molar-refractivity contribution in [1.82, 2.24) is 20.4 Å². The quantitative estimate of drug-likeness (QED) is 0.837. The molecule has 0 aromatic carbocycles. The lowest BCUT2D eigenvalue weighted by Gasteiger charge is -2.30. The van der Waals surface area contributed by atoms with Crippen molar-refractivity contribution < 1.29 is 9.53 Å². The summed E-state index contributed by atoms with van der Waals surface area (Å²) in [6, 6.07) is 2.81. The number of amides is 1. The molecule has 0 radical (unpaired) electrons. The van der Waals surface area contributed by atoms with Crippen LogP contribution >= 0.6 is 0 Å². The number of nitrogens with zero attached hydrogens (tertiary/aromatic N) is 2. The summed E-state index contributed by atoms with van der Waals surface area (Å²) in [5.74, 6) is 0. The Labute approximate surface area is 145 Å². The van der Waals surface area contributed by atoms with Crippen molar-refractivity contribution in [3.63, 3.8) is 0 Å². The number of carbonyl (C=O) groups is 1. The summed E-state index contributed by atoms with van der Waals surface area (Å²) >= 11 is 0. The third-order valence-electron chi connectivity index (χ3n) is 4.26. The highest BCUT2D eigenvalue weighted by Crippen LogP contribution is 2.20. The van der Waals surface area contributed by atoms with Gasteiger partial charge in [0.1, 0.15) is 5.60 Å². The van der Waals surface area contributed by atoms with Crippen LogP contribution in [0.1, 0.15) is 65.5 Å². The van der Waals surface area contributed by atoms with Gasteiger partial charge >= 0.3 is 6.09 Å². The molecule has 0 aliphatic heterocycles. The minimum absolute atomic E-state index is 0.225. The van der Waals surface area contributed by atoms with Crippen LogP contribution in [-0.2, 0) is 17.8 Å². The summed E-state index contributed by atoms with van der Waals surface area (Å²) in [7, 11) is 0. The van der Waals surface area contributed by atoms with Crippen LogP contribution in [0.3, 0.4) is 0 Å². The van der Waals surface area contributed by atoms with Gasteiger partial charge in [0.2, 0.25) is 0 Å². The number of aryl methyl sites for hydroxylation is 1. The van der Waals surface area contributed by atoms with Gasteiger partial charge in [0.25, 0.3) is 0 Å². The van der Waals surface area contributed by atoms with Crippen LogP contribution in [0.2, 0.25) is 0 Å². The number of ether oxygens (including phenoxy) is 1. The molecule has 1 aromatic rings. The largest absolute Gasteiger partial charge is 0.444 e. The average molecular weight is 336 g/mol. The first-order chi connectivity index (χ1) is 11.4. The van der Waals surface area contributed by atoms with E-state index in [4.69, 9.17) is 4.74 Å². The molecule has 1 aliphatic carbocycles. The Morgan fingerprint density at radius 2 is 1.96 bits per heavy atom. The normalized spacial score (nSPS) is 21.5. The number of nitrogens with one attached hydrogen (secondary N) is 2. The molecule has 1 amide bonds. The first kappa shape index (κ1) is 18.8. The Morgan fingerprint density at radius 1 is 1.29 bits per heavy atom. The number of hydrogen-bond acceptors (Lipinski definition) is 4. The molecule has 2 rings (SSSR count). The number of carbonyl (C=O) groups excluding carboxylic acids is 1. The third-order valence-corrected chi connectivity index (χ3v) is 4.26. The monoisotopic (exact) mass is 336 g/mol. The summed E-state index contributed by atoms with van der Waals surface area (Å²) in [6.07, 6.45) is 6.79. The zero-order chi connectivity index (χ0) is 17.6. The SMILES string of the molecule is CCCn1nccc1CNC1CCC(NC(=O)OC(C)(C)C)CC1. The van der Waals surface area contributed by atoms with Crippen molar-refractivity contribution in [2.75, 3.05) is 0 Å². The average Bonchev–Trinajstić information content (AvgIpc) is 2.92. The highest BCUT2D eigenvalue weighted by Gasteiger charge is 2.24. The van der Waals surface area contributed by atoms with E-state index in [0.717, 1.165) is 45.2 Å². The van der Waals surface area contributed by atoms with E-state index >= 15 is 0 Å². The van der Waals surface area contributed by atoms with Gasteiger partial charge in [0.05, 0.1) is 5.69 Å². The zero-order valence-electron chi connectivity index (χ0n) is 15.5. The first-order valence-corrected chi connectivity index (χ1v) is 9.11. The van der Waals surface area contributed by atoms with Crippen molar-refractivity contribution in [3.8, 4) is 0 Å². The van der Waals surface area contributed by atoms with Crippen molar-refractivity contribution in [2.45, 2.75) is 90.6 Å². The molecule has 0 bridgehead atoms. The Kier molecular flexibility index (Phi) is 6.66. The maximum absolute atomic E-state index is 11.8. The second-order valence-electron chi connectivity index (χ2n) is 7.62. The Morgan fingerprint density at radius 3 is 2.58 bits per heavy atom. The van der Waals surface area contributed by atoms with Crippen LogP contribution in [-0.4, -0.2) is 33.6 Å². The minimum Gasteiger partial charge on any atom is -0.444 e. The lowest BCUT2D eigenvalue weighted by Crippen LogP contribution is -2.43. The Hall–Kier alpha value is -1.56. The van der Waals surface area contributed by atoms with Crippen LogP contribution in [0, 0.1) is 0 Å². The molecule has 6 heteroatoms. The fourth-order valence-corrected chi connectivity index (χ4v) is 3.09. The number of aromatic nitrogens is 2. The third kappa shape index (κ3) is 6.15. The lowest BCUT2D eigenvalue weighted by molar-refractivity contribution is 0.0489. The summed E-state index contributed by atoms with van der Waals surface area (Å²) < 4.78 is 7.40. The molecule has 1 heterocycles. The molecule has 1 aromatic heterocycles. The maximum Gasteiger partial charge on any atom is 0.407 e. The van der Waals surface area contributed by atoms with E-state index in [1.54, 1.807) is 0 Å². The number of alkyl carbamates (subject to hydrolysis) is 1. The fraction of sp³-hybridized carbons (Fsp3) is 0.778. The van der Waals surface area contributed by atoms with Crippen LogP contribution in [0.15, 0.2) is 12.3 Å². The van der Waals surface area contributed by atoms with E-state index in [2.05, 4.69) is 33.4 Å². The number of rotatable bonds is 6. The van der Waals surface area contributed by atoms with Crippen LogP contribution < -0.4 is 10.6 Å². The summed E-state index contributed by atoms with van der Waals surface area (Å²) in [4.78, 5) is 11.8. The van der Waals surface area contributed by atoms with Gasteiger partial charge in [-0.3, -0.25) is 4.68 Å². The molecule has 0 saturated heterocycles. The van der Waals surface area contributed by atoms with Gasteiger partial charge in [-0.05, 0) is 58.9 Å². The molecule has 6 nitrogen and oxygen atoms in total. The predicted molar refractivity (Wildman–Crippen MR) is 94.8 cm³/mol. The van der Waals surface area contributed by atoms with E-state index in [1.807, 2.05) is 27.0 Å². The molecule has 1 fully saturated rings. The molecule has 1 saturated carbocycles. The van der Waals surface area contributed by atoms with Gasteiger partial charge in [-0.2, -0.15) is 5.10 Å². The molecular formula is C18H32N4O2. The van der Waals surface area contributed by atoms with E-state index in [1.165, 1.54) is 5.69 Å². The van der Waals surface area contributed by atoms with Crippen LogP contribution in [0.5, 0.6) is 0 Å². The van der Waals surface area contributed by atoms with Crippen molar-refractivity contribution in [3.05, 3.63) is 18.0 Å². The topological polar surface area (TPSA) is 68.2 Å². The van der Waals surface area contributed by atoms with Gasteiger partial charge in [0.15, 0.2) is 0 Å².